The van der Waals surface area contributed by atoms with Crippen molar-refractivity contribution in [1.29, 1.82) is 0 Å². The van der Waals surface area contributed by atoms with Gasteiger partial charge in [0.1, 0.15) is 11.9 Å². The zero-order chi connectivity index (χ0) is 13.6. The van der Waals surface area contributed by atoms with Crippen molar-refractivity contribution < 1.29 is 4.74 Å². The van der Waals surface area contributed by atoms with Crippen molar-refractivity contribution in [1.82, 2.24) is 0 Å². The molecule has 0 aliphatic heterocycles. The van der Waals surface area contributed by atoms with Crippen molar-refractivity contribution in [2.45, 2.75) is 56.9 Å². The zero-order valence-electron chi connectivity index (χ0n) is 11.5. The van der Waals surface area contributed by atoms with E-state index in [4.69, 9.17) is 16.3 Å². The summed E-state index contributed by atoms with van der Waals surface area (Å²) in [6.45, 7) is 4.17. The van der Waals surface area contributed by atoms with Gasteiger partial charge < -0.3 is 4.74 Å². The van der Waals surface area contributed by atoms with Crippen LogP contribution in [0.15, 0.2) is 12.1 Å². The summed E-state index contributed by atoms with van der Waals surface area (Å²) in [5, 5.41) is 0.796. The summed E-state index contributed by atoms with van der Waals surface area (Å²) in [5.74, 6) is 1.04. The molecule has 2 aliphatic carbocycles. The van der Waals surface area contributed by atoms with Crippen LogP contribution >= 0.6 is 27.5 Å². The number of hydrogen-bond donors (Lipinski definition) is 0. The standard InChI is InChI=1S/C16H20BrClO/c1-10-7-12(18)8-11(2)15(10)19-14-9-13(17)16(14)5-3-4-6-16/h7-8,13-14H,3-6,9H2,1-2H3. The van der Waals surface area contributed by atoms with Crippen molar-refractivity contribution in [2.24, 2.45) is 5.41 Å². The van der Waals surface area contributed by atoms with Crippen LogP contribution in [0, 0.1) is 19.3 Å². The Morgan fingerprint density at radius 3 is 2.32 bits per heavy atom. The van der Waals surface area contributed by atoms with Gasteiger partial charge in [-0.1, -0.05) is 40.4 Å². The van der Waals surface area contributed by atoms with Gasteiger partial charge in [0.25, 0.3) is 0 Å². The fourth-order valence-electron chi connectivity index (χ4n) is 3.76. The minimum absolute atomic E-state index is 0.373. The molecular weight excluding hydrogens is 324 g/mol. The summed E-state index contributed by atoms with van der Waals surface area (Å²) < 4.78 is 6.39. The molecule has 0 aromatic heterocycles. The summed E-state index contributed by atoms with van der Waals surface area (Å²) in [4.78, 5) is 0.639. The highest BCUT2D eigenvalue weighted by Crippen LogP contribution is 2.58. The number of rotatable bonds is 2. The van der Waals surface area contributed by atoms with Crippen LogP contribution in [0.4, 0.5) is 0 Å². The molecule has 0 amide bonds. The minimum Gasteiger partial charge on any atom is -0.489 e. The Bertz CT molecular complexity index is 471. The molecule has 0 radical (unpaired) electrons. The summed E-state index contributed by atoms with van der Waals surface area (Å²) in [6.07, 6.45) is 6.80. The molecule has 2 aliphatic rings. The highest BCUT2D eigenvalue weighted by Gasteiger charge is 2.56. The first-order chi connectivity index (χ1) is 9.03. The Hall–Kier alpha value is -0.210. The smallest absolute Gasteiger partial charge is 0.125 e. The second-order valence-electron chi connectivity index (χ2n) is 6.12. The molecule has 104 valence electrons. The van der Waals surface area contributed by atoms with Crippen molar-refractivity contribution >= 4 is 27.5 Å². The third kappa shape index (κ3) is 2.21. The lowest BCUT2D eigenvalue weighted by atomic mass is 9.64. The normalized spacial score (nSPS) is 28.4. The van der Waals surface area contributed by atoms with Gasteiger partial charge in [0.05, 0.1) is 0 Å². The van der Waals surface area contributed by atoms with Gasteiger partial charge >= 0.3 is 0 Å². The Morgan fingerprint density at radius 1 is 1.21 bits per heavy atom. The summed E-state index contributed by atoms with van der Waals surface area (Å²) in [5.41, 5.74) is 2.69. The molecule has 0 N–H and O–H groups in total. The van der Waals surface area contributed by atoms with Crippen LogP contribution in [0.2, 0.25) is 5.02 Å². The van der Waals surface area contributed by atoms with Crippen LogP contribution in [0.1, 0.15) is 43.2 Å². The topological polar surface area (TPSA) is 9.23 Å². The summed E-state index contributed by atoms with van der Waals surface area (Å²) >= 11 is 9.93. The first kappa shape index (κ1) is 13.8. The third-order valence-electron chi connectivity index (χ3n) is 4.91. The molecule has 2 unspecified atom stereocenters. The maximum absolute atomic E-state index is 6.39. The van der Waals surface area contributed by atoms with Gasteiger partial charge in [0.2, 0.25) is 0 Å². The van der Waals surface area contributed by atoms with Crippen LogP contribution < -0.4 is 4.74 Å². The van der Waals surface area contributed by atoms with Crippen molar-refractivity contribution in [3.8, 4) is 5.75 Å². The SMILES string of the molecule is Cc1cc(Cl)cc(C)c1OC1CC(Br)C12CCCC2. The fraction of sp³-hybridized carbons (Fsp3) is 0.625. The van der Waals surface area contributed by atoms with Gasteiger partial charge in [-0.25, -0.2) is 0 Å². The average molecular weight is 344 g/mol. The van der Waals surface area contributed by atoms with Gasteiger partial charge in [-0.3, -0.25) is 0 Å². The van der Waals surface area contributed by atoms with Crippen molar-refractivity contribution in [3.05, 3.63) is 28.3 Å². The molecule has 2 fully saturated rings. The lowest BCUT2D eigenvalue weighted by Gasteiger charge is -2.51. The maximum Gasteiger partial charge on any atom is 0.125 e. The van der Waals surface area contributed by atoms with E-state index in [0.717, 1.165) is 28.3 Å². The molecule has 0 saturated heterocycles. The highest BCUT2D eigenvalue weighted by molar-refractivity contribution is 9.09. The Morgan fingerprint density at radius 2 is 1.79 bits per heavy atom. The Balaban J connectivity index is 1.83. The molecule has 2 saturated carbocycles. The first-order valence-corrected chi connectivity index (χ1v) is 8.40. The minimum atomic E-state index is 0.373. The molecule has 3 heteroatoms. The van der Waals surface area contributed by atoms with E-state index >= 15 is 0 Å². The zero-order valence-corrected chi connectivity index (χ0v) is 13.9. The van der Waals surface area contributed by atoms with Crippen LogP contribution in [-0.4, -0.2) is 10.9 Å². The maximum atomic E-state index is 6.39. The van der Waals surface area contributed by atoms with E-state index < -0.39 is 0 Å². The van der Waals surface area contributed by atoms with Gasteiger partial charge in [-0.2, -0.15) is 0 Å². The Kier molecular flexibility index (Phi) is 3.59. The average Bonchev–Trinajstić information content (AvgIpc) is 2.84. The van der Waals surface area contributed by atoms with Gasteiger partial charge in [0, 0.05) is 15.3 Å². The van der Waals surface area contributed by atoms with E-state index in [1.807, 2.05) is 12.1 Å². The third-order valence-corrected chi connectivity index (χ3v) is 6.41. The Labute approximate surface area is 128 Å². The van der Waals surface area contributed by atoms with Crippen molar-refractivity contribution in [3.63, 3.8) is 0 Å². The van der Waals surface area contributed by atoms with E-state index in [1.165, 1.54) is 25.7 Å². The lowest BCUT2D eigenvalue weighted by molar-refractivity contribution is -0.0311. The van der Waals surface area contributed by atoms with E-state index in [1.54, 1.807) is 0 Å². The predicted octanol–water partition coefficient (Wildman–Crippen LogP) is 5.43. The monoisotopic (exact) mass is 342 g/mol. The van der Waals surface area contributed by atoms with Crippen LogP contribution in [-0.2, 0) is 0 Å². The number of aryl methyl sites for hydroxylation is 2. The number of hydrogen-bond acceptors (Lipinski definition) is 1. The first-order valence-electron chi connectivity index (χ1n) is 7.10. The molecule has 3 rings (SSSR count). The molecular formula is C16H20BrClO. The summed E-state index contributed by atoms with van der Waals surface area (Å²) in [7, 11) is 0. The number of benzene rings is 1. The quantitative estimate of drug-likeness (QED) is 0.650. The van der Waals surface area contributed by atoms with E-state index in [2.05, 4.69) is 29.8 Å². The van der Waals surface area contributed by atoms with E-state index in [0.29, 0.717) is 16.3 Å². The van der Waals surface area contributed by atoms with Crippen LogP contribution in [0.25, 0.3) is 0 Å². The number of halogens is 2. The van der Waals surface area contributed by atoms with Crippen molar-refractivity contribution in [2.75, 3.05) is 0 Å². The second kappa shape index (κ2) is 4.96. The number of ether oxygens (including phenoxy) is 1. The molecule has 1 aromatic carbocycles. The fourth-order valence-corrected chi connectivity index (χ4v) is 5.18. The lowest BCUT2D eigenvalue weighted by Crippen LogP contribution is -2.55. The van der Waals surface area contributed by atoms with Crippen LogP contribution in [0.5, 0.6) is 5.75 Å². The molecule has 1 nitrogen and oxygen atoms in total. The van der Waals surface area contributed by atoms with E-state index in [-0.39, 0.29) is 0 Å². The molecule has 0 heterocycles. The highest BCUT2D eigenvalue weighted by atomic mass is 79.9. The molecule has 19 heavy (non-hydrogen) atoms. The van der Waals surface area contributed by atoms with Gasteiger partial charge in [0.15, 0.2) is 0 Å². The molecule has 1 aromatic rings. The molecule has 2 atom stereocenters. The number of alkyl halides is 1. The van der Waals surface area contributed by atoms with Gasteiger partial charge in [-0.15, -0.1) is 0 Å². The van der Waals surface area contributed by atoms with Crippen LogP contribution in [0.3, 0.4) is 0 Å². The molecule has 1 spiro atoms. The second-order valence-corrected chi connectivity index (χ2v) is 7.66. The largest absolute Gasteiger partial charge is 0.489 e. The molecule has 0 bridgehead atoms. The predicted molar refractivity (Wildman–Crippen MR) is 83.6 cm³/mol. The van der Waals surface area contributed by atoms with Gasteiger partial charge in [-0.05, 0) is 56.4 Å². The van der Waals surface area contributed by atoms with E-state index in [9.17, 15) is 0 Å². The summed E-state index contributed by atoms with van der Waals surface area (Å²) in [6, 6.07) is 3.99.